The van der Waals surface area contributed by atoms with E-state index in [-0.39, 0.29) is 5.56 Å². The van der Waals surface area contributed by atoms with Crippen LogP contribution in [0.4, 0.5) is 10.1 Å². The number of likely N-dealkylation sites (N-methyl/N-ethyl adjacent to an activating group) is 1. The average molecular weight is 407 g/mol. The van der Waals surface area contributed by atoms with Gasteiger partial charge in [-0.3, -0.25) is 9.48 Å². The Morgan fingerprint density at radius 2 is 2.11 bits per heavy atom. The Balaban J connectivity index is 1.90. The van der Waals surface area contributed by atoms with E-state index in [0.717, 1.165) is 12.6 Å². The molecule has 1 aliphatic rings. The Labute approximate surface area is 161 Å². The second kappa shape index (κ2) is 7.49. The van der Waals surface area contributed by atoms with Crippen LogP contribution in [0, 0.1) is 17.7 Å². The van der Waals surface area contributed by atoms with Gasteiger partial charge in [-0.2, -0.15) is 13.5 Å². The molecule has 2 N–H and O–H groups in total. The Morgan fingerprint density at radius 1 is 1.36 bits per heavy atom. The number of nitrogens with one attached hydrogen (secondary N) is 1. The Kier molecular flexibility index (Phi) is 5.26. The van der Waals surface area contributed by atoms with E-state index in [0.29, 0.717) is 16.4 Å². The number of aromatic nitrogens is 2. The minimum atomic E-state index is -4.26. The molecule has 1 aromatic carbocycles. The topological polar surface area (TPSA) is 108 Å². The maximum absolute atomic E-state index is 14.8. The standard InChI is InChI=1S/C17H18FN5O4S/c1-21(2)7-8-22-10-12(9-19-22)3-4-13-5-6-14(24)17(16(13)18)23-11-15(25)20-28(23,26)27/h5-6,9-10,24H,7-8,11H2,1-2H3,(H,20,25). The molecule has 28 heavy (non-hydrogen) atoms. The number of phenolic OH excluding ortho intramolecular Hbond substituents is 1. The Morgan fingerprint density at radius 3 is 2.75 bits per heavy atom. The summed E-state index contributed by atoms with van der Waals surface area (Å²) in [6.45, 7) is 0.837. The highest BCUT2D eigenvalue weighted by Crippen LogP contribution is 2.34. The van der Waals surface area contributed by atoms with Gasteiger partial charge in [0, 0.05) is 12.7 Å². The van der Waals surface area contributed by atoms with Gasteiger partial charge in [-0.25, -0.2) is 13.4 Å². The lowest BCUT2D eigenvalue weighted by Gasteiger charge is -2.17. The third-order valence-corrected chi connectivity index (χ3v) is 5.29. The molecule has 1 amide bonds. The zero-order valence-corrected chi connectivity index (χ0v) is 16.0. The number of hydrogen-bond acceptors (Lipinski definition) is 6. The lowest BCUT2D eigenvalue weighted by Crippen LogP contribution is -2.30. The summed E-state index contributed by atoms with van der Waals surface area (Å²) in [5.74, 6) is 2.90. The van der Waals surface area contributed by atoms with Gasteiger partial charge in [-0.05, 0) is 26.2 Å². The van der Waals surface area contributed by atoms with E-state index < -0.39 is 39.9 Å². The molecule has 1 saturated heterocycles. The van der Waals surface area contributed by atoms with Crippen LogP contribution < -0.4 is 9.03 Å². The molecule has 0 atom stereocenters. The summed E-state index contributed by atoms with van der Waals surface area (Å²) in [6, 6.07) is 2.36. The highest BCUT2D eigenvalue weighted by molar-refractivity contribution is 7.92. The minimum Gasteiger partial charge on any atom is -0.506 e. The van der Waals surface area contributed by atoms with Crippen LogP contribution in [-0.2, 0) is 21.5 Å². The molecule has 3 rings (SSSR count). The van der Waals surface area contributed by atoms with Crippen molar-refractivity contribution >= 4 is 21.8 Å². The first-order valence-corrected chi connectivity index (χ1v) is 9.65. The quantitative estimate of drug-likeness (QED) is 0.684. The van der Waals surface area contributed by atoms with Gasteiger partial charge < -0.3 is 10.0 Å². The molecule has 148 valence electrons. The van der Waals surface area contributed by atoms with E-state index in [1.165, 1.54) is 12.3 Å². The first-order chi connectivity index (χ1) is 13.2. The number of hydrogen-bond donors (Lipinski definition) is 2. The normalized spacial score (nSPS) is 15.4. The maximum atomic E-state index is 14.8. The van der Waals surface area contributed by atoms with E-state index >= 15 is 0 Å². The van der Waals surface area contributed by atoms with E-state index in [1.54, 1.807) is 15.6 Å². The monoisotopic (exact) mass is 407 g/mol. The maximum Gasteiger partial charge on any atom is 0.326 e. The van der Waals surface area contributed by atoms with E-state index in [2.05, 4.69) is 16.9 Å². The van der Waals surface area contributed by atoms with Crippen molar-refractivity contribution in [2.75, 3.05) is 31.5 Å². The second-order valence-electron chi connectivity index (χ2n) is 6.38. The zero-order valence-electron chi connectivity index (χ0n) is 15.2. The molecular formula is C17H18FN5O4S. The fourth-order valence-electron chi connectivity index (χ4n) is 2.53. The molecule has 11 heteroatoms. The lowest BCUT2D eigenvalue weighted by atomic mass is 10.1. The molecule has 1 aliphatic heterocycles. The number of carbonyl (C=O) groups excluding carboxylic acids is 1. The van der Waals surface area contributed by atoms with Crippen molar-refractivity contribution in [3.05, 3.63) is 41.5 Å². The Hall–Kier alpha value is -3.10. The Bertz CT molecular complexity index is 1080. The van der Waals surface area contributed by atoms with Gasteiger partial charge in [0.2, 0.25) is 0 Å². The summed E-state index contributed by atoms with van der Waals surface area (Å²) in [4.78, 5) is 13.4. The summed E-state index contributed by atoms with van der Waals surface area (Å²) in [5.41, 5.74) is -0.186. The number of aromatic hydroxyl groups is 1. The van der Waals surface area contributed by atoms with Crippen LogP contribution in [0.25, 0.3) is 0 Å². The number of phenols is 1. The van der Waals surface area contributed by atoms with Gasteiger partial charge >= 0.3 is 10.2 Å². The van der Waals surface area contributed by atoms with Gasteiger partial charge in [-0.15, -0.1) is 0 Å². The molecule has 1 aromatic heterocycles. The van der Waals surface area contributed by atoms with Gasteiger partial charge in [0.05, 0.1) is 23.9 Å². The smallest absolute Gasteiger partial charge is 0.326 e. The molecule has 0 unspecified atom stereocenters. The van der Waals surface area contributed by atoms with Crippen LogP contribution in [-0.4, -0.2) is 61.3 Å². The van der Waals surface area contributed by atoms with Crippen LogP contribution >= 0.6 is 0 Å². The van der Waals surface area contributed by atoms with Crippen molar-refractivity contribution in [3.8, 4) is 17.6 Å². The highest BCUT2D eigenvalue weighted by atomic mass is 32.2. The predicted octanol–water partition coefficient (Wildman–Crippen LogP) is -0.130. The summed E-state index contributed by atoms with van der Waals surface area (Å²) in [6.07, 6.45) is 3.25. The third-order valence-electron chi connectivity index (χ3n) is 3.92. The van der Waals surface area contributed by atoms with Crippen LogP contribution in [0.2, 0.25) is 0 Å². The molecule has 9 nitrogen and oxygen atoms in total. The number of benzene rings is 1. The van der Waals surface area contributed by atoms with E-state index in [1.807, 2.05) is 19.0 Å². The first-order valence-electron chi connectivity index (χ1n) is 8.21. The molecule has 0 spiro atoms. The van der Waals surface area contributed by atoms with Gasteiger partial charge in [-0.1, -0.05) is 11.8 Å². The van der Waals surface area contributed by atoms with Crippen LogP contribution in [0.5, 0.6) is 5.75 Å². The summed E-state index contributed by atoms with van der Waals surface area (Å²) in [7, 11) is -0.373. The SMILES string of the molecule is CN(C)CCn1cc(C#Cc2ccc(O)c(N3CC(=O)NS3(=O)=O)c2F)cn1. The fourth-order valence-corrected chi connectivity index (χ4v) is 3.69. The molecule has 1 fully saturated rings. The van der Waals surface area contributed by atoms with Crippen LogP contribution in [0.15, 0.2) is 24.5 Å². The average Bonchev–Trinajstić information content (AvgIpc) is 3.16. The number of halogens is 1. The predicted molar refractivity (Wildman–Crippen MR) is 99.2 cm³/mol. The zero-order chi connectivity index (χ0) is 20.5. The van der Waals surface area contributed by atoms with Crippen molar-refractivity contribution in [1.82, 2.24) is 19.4 Å². The van der Waals surface area contributed by atoms with Gasteiger partial charge in [0.15, 0.2) is 5.82 Å². The molecule has 2 heterocycles. The number of anilines is 1. The summed E-state index contributed by atoms with van der Waals surface area (Å²) in [5, 5.41) is 14.1. The first kappa shape index (κ1) is 19.7. The summed E-state index contributed by atoms with van der Waals surface area (Å²) < 4.78 is 42.6. The van der Waals surface area contributed by atoms with Crippen LogP contribution in [0.1, 0.15) is 11.1 Å². The second-order valence-corrected chi connectivity index (χ2v) is 7.97. The van der Waals surface area contributed by atoms with Crippen molar-refractivity contribution in [2.45, 2.75) is 6.54 Å². The van der Waals surface area contributed by atoms with Gasteiger partial charge in [0.25, 0.3) is 5.91 Å². The molecule has 0 aliphatic carbocycles. The highest BCUT2D eigenvalue weighted by Gasteiger charge is 2.37. The fraction of sp³-hybridized carbons (Fsp3) is 0.294. The molecule has 0 saturated carbocycles. The van der Waals surface area contributed by atoms with Crippen molar-refractivity contribution in [2.24, 2.45) is 0 Å². The minimum absolute atomic E-state index is 0.122. The molecule has 0 radical (unpaired) electrons. The number of amides is 1. The van der Waals surface area contributed by atoms with Crippen molar-refractivity contribution in [3.63, 3.8) is 0 Å². The molecule has 0 bridgehead atoms. The van der Waals surface area contributed by atoms with E-state index in [4.69, 9.17) is 0 Å². The third kappa shape index (κ3) is 4.08. The number of rotatable bonds is 4. The van der Waals surface area contributed by atoms with Crippen LogP contribution in [0.3, 0.4) is 0 Å². The number of nitrogens with zero attached hydrogens (tertiary/aromatic N) is 4. The van der Waals surface area contributed by atoms with Crippen molar-refractivity contribution in [1.29, 1.82) is 0 Å². The van der Waals surface area contributed by atoms with E-state index in [9.17, 15) is 22.7 Å². The summed E-state index contributed by atoms with van der Waals surface area (Å²) >= 11 is 0. The molecule has 2 aromatic rings. The largest absolute Gasteiger partial charge is 0.506 e. The van der Waals surface area contributed by atoms with Gasteiger partial charge in [0.1, 0.15) is 18.0 Å². The molecular weight excluding hydrogens is 389 g/mol. The van der Waals surface area contributed by atoms with Crippen molar-refractivity contribution < 1.29 is 22.7 Å². The number of carbonyl (C=O) groups is 1. The lowest BCUT2D eigenvalue weighted by molar-refractivity contribution is -0.117.